The van der Waals surface area contributed by atoms with Crippen molar-refractivity contribution < 1.29 is 0 Å². The fraction of sp³-hybridized carbons (Fsp3) is 0.800. The predicted octanol–water partition coefficient (Wildman–Crippen LogP) is 3.72. The van der Waals surface area contributed by atoms with E-state index in [0.29, 0.717) is 5.41 Å². The van der Waals surface area contributed by atoms with Gasteiger partial charge in [0.15, 0.2) is 0 Å². The van der Waals surface area contributed by atoms with Crippen LogP contribution in [0.1, 0.15) is 57.2 Å². The summed E-state index contributed by atoms with van der Waals surface area (Å²) >= 11 is 1.80. The molecule has 0 saturated heterocycles. The Morgan fingerprint density at radius 1 is 1.39 bits per heavy atom. The topological polar surface area (TPSA) is 24.9 Å². The molecule has 1 aromatic rings. The van der Waals surface area contributed by atoms with Crippen LogP contribution in [0.2, 0.25) is 0 Å². The summed E-state index contributed by atoms with van der Waals surface area (Å²) in [5.74, 6) is 1.05. The van der Waals surface area contributed by atoms with Crippen molar-refractivity contribution in [3.63, 3.8) is 0 Å². The number of nitrogens with one attached hydrogen (secondary N) is 1. The third-order valence-electron chi connectivity index (χ3n) is 4.41. The van der Waals surface area contributed by atoms with Gasteiger partial charge in [0, 0.05) is 23.9 Å². The van der Waals surface area contributed by atoms with Gasteiger partial charge >= 0.3 is 0 Å². The molecule has 2 aliphatic carbocycles. The summed E-state index contributed by atoms with van der Waals surface area (Å²) in [5.41, 5.74) is 2.11. The zero-order valence-corrected chi connectivity index (χ0v) is 12.6. The highest BCUT2D eigenvalue weighted by molar-refractivity contribution is 7.09. The molecular weight excluding hydrogens is 240 g/mol. The first-order valence-electron chi connectivity index (χ1n) is 7.15. The van der Waals surface area contributed by atoms with Crippen LogP contribution in [0.25, 0.3) is 0 Å². The van der Waals surface area contributed by atoms with Gasteiger partial charge in [-0.05, 0) is 37.0 Å². The van der Waals surface area contributed by atoms with Crippen molar-refractivity contribution in [3.05, 3.63) is 16.1 Å². The molecule has 2 saturated carbocycles. The maximum Gasteiger partial charge on any atom is 0.107 e. The minimum atomic E-state index is 0.181. The first-order valence-corrected chi connectivity index (χ1v) is 8.03. The van der Waals surface area contributed by atoms with Crippen molar-refractivity contribution in [1.82, 2.24) is 10.3 Å². The number of aromatic nitrogens is 1. The fourth-order valence-corrected chi connectivity index (χ4v) is 3.73. The van der Waals surface area contributed by atoms with E-state index in [9.17, 15) is 0 Å². The molecule has 1 heterocycles. The zero-order valence-electron chi connectivity index (χ0n) is 11.8. The zero-order chi connectivity index (χ0) is 12.8. The molecule has 2 aliphatic rings. The van der Waals surface area contributed by atoms with E-state index in [1.807, 2.05) is 0 Å². The Labute approximate surface area is 114 Å². The molecule has 3 heteroatoms. The lowest BCUT2D eigenvalue weighted by Gasteiger charge is -2.15. The predicted molar refractivity (Wildman–Crippen MR) is 76.9 cm³/mol. The van der Waals surface area contributed by atoms with Gasteiger partial charge in [0.1, 0.15) is 5.01 Å². The van der Waals surface area contributed by atoms with Crippen LogP contribution in [-0.2, 0) is 12.0 Å². The number of hydrogen-bond donors (Lipinski definition) is 1. The van der Waals surface area contributed by atoms with Gasteiger partial charge in [0.05, 0.1) is 5.69 Å². The molecule has 0 spiro atoms. The largest absolute Gasteiger partial charge is 0.310 e. The molecule has 100 valence electrons. The first-order chi connectivity index (χ1) is 8.50. The number of nitrogens with zero attached hydrogens (tertiary/aromatic N) is 1. The molecule has 1 aromatic heterocycles. The average molecular weight is 264 g/mol. The molecule has 0 radical (unpaired) electrons. The molecule has 2 nitrogen and oxygen atoms in total. The number of rotatable bonds is 5. The van der Waals surface area contributed by atoms with Crippen LogP contribution < -0.4 is 5.32 Å². The molecule has 0 aromatic carbocycles. The van der Waals surface area contributed by atoms with Gasteiger partial charge in [-0.2, -0.15) is 0 Å². The smallest absolute Gasteiger partial charge is 0.107 e. The summed E-state index contributed by atoms with van der Waals surface area (Å²) in [7, 11) is 0. The minimum Gasteiger partial charge on any atom is -0.310 e. The standard InChI is InChI=1S/C15H24N2S/c1-14(2,3)12-9-18-13(17-12)8-16-10-15(6-7-15)11-4-5-11/h9,11,16H,4-8,10H2,1-3H3. The second-order valence-corrected chi connectivity index (χ2v) is 8.06. The van der Waals surface area contributed by atoms with Crippen LogP contribution >= 0.6 is 11.3 Å². The highest BCUT2D eigenvalue weighted by Gasteiger charge is 2.53. The lowest BCUT2D eigenvalue weighted by molar-refractivity contribution is 0.403. The molecule has 0 bridgehead atoms. The van der Waals surface area contributed by atoms with Gasteiger partial charge in [-0.3, -0.25) is 0 Å². The van der Waals surface area contributed by atoms with Gasteiger partial charge in [-0.15, -0.1) is 11.3 Å². The second kappa shape index (κ2) is 4.31. The van der Waals surface area contributed by atoms with Crippen LogP contribution in [0.15, 0.2) is 5.38 Å². The van der Waals surface area contributed by atoms with Gasteiger partial charge in [0.25, 0.3) is 0 Å². The Morgan fingerprint density at radius 3 is 2.61 bits per heavy atom. The van der Waals surface area contributed by atoms with E-state index in [-0.39, 0.29) is 5.41 Å². The molecule has 0 amide bonds. The normalized spacial score (nSPS) is 22.2. The highest BCUT2D eigenvalue weighted by Crippen LogP contribution is 2.60. The fourth-order valence-electron chi connectivity index (χ4n) is 2.74. The second-order valence-electron chi connectivity index (χ2n) is 7.12. The van der Waals surface area contributed by atoms with Crippen molar-refractivity contribution in [2.45, 2.75) is 58.4 Å². The summed E-state index contributed by atoms with van der Waals surface area (Å²) in [6.07, 6.45) is 5.87. The summed E-state index contributed by atoms with van der Waals surface area (Å²) in [6, 6.07) is 0. The van der Waals surface area contributed by atoms with E-state index < -0.39 is 0 Å². The van der Waals surface area contributed by atoms with E-state index in [2.05, 4.69) is 31.5 Å². The SMILES string of the molecule is CC(C)(C)c1csc(CNCC2(C3CC3)CC2)n1. The Hall–Kier alpha value is -0.410. The van der Waals surface area contributed by atoms with Crippen molar-refractivity contribution in [3.8, 4) is 0 Å². The van der Waals surface area contributed by atoms with E-state index in [0.717, 1.165) is 12.5 Å². The van der Waals surface area contributed by atoms with Crippen LogP contribution in [0.4, 0.5) is 0 Å². The van der Waals surface area contributed by atoms with Gasteiger partial charge in [0.2, 0.25) is 0 Å². The van der Waals surface area contributed by atoms with Gasteiger partial charge in [-0.1, -0.05) is 20.8 Å². The van der Waals surface area contributed by atoms with Crippen LogP contribution in [0.5, 0.6) is 0 Å². The lowest BCUT2D eigenvalue weighted by Crippen LogP contribution is -2.25. The van der Waals surface area contributed by atoms with Crippen molar-refractivity contribution in [2.24, 2.45) is 11.3 Å². The maximum atomic E-state index is 4.74. The number of hydrogen-bond acceptors (Lipinski definition) is 3. The number of thiazole rings is 1. The average Bonchev–Trinajstić information content (AvgIpc) is 3.16. The van der Waals surface area contributed by atoms with Gasteiger partial charge < -0.3 is 5.32 Å². The van der Waals surface area contributed by atoms with Crippen molar-refractivity contribution in [2.75, 3.05) is 6.54 Å². The third-order valence-corrected chi connectivity index (χ3v) is 5.26. The van der Waals surface area contributed by atoms with Crippen LogP contribution in [-0.4, -0.2) is 11.5 Å². The summed E-state index contributed by atoms with van der Waals surface area (Å²) in [6.45, 7) is 8.85. The molecule has 0 aliphatic heterocycles. The Balaban J connectivity index is 1.50. The van der Waals surface area contributed by atoms with Gasteiger partial charge in [-0.25, -0.2) is 4.98 Å². The third kappa shape index (κ3) is 2.62. The molecule has 3 rings (SSSR count). The molecule has 1 N–H and O–H groups in total. The molecule has 0 unspecified atom stereocenters. The minimum absolute atomic E-state index is 0.181. The van der Waals surface area contributed by atoms with Crippen molar-refractivity contribution >= 4 is 11.3 Å². The highest BCUT2D eigenvalue weighted by atomic mass is 32.1. The maximum absolute atomic E-state index is 4.74. The van der Waals surface area contributed by atoms with E-state index in [1.54, 1.807) is 11.3 Å². The van der Waals surface area contributed by atoms with Crippen LogP contribution in [0.3, 0.4) is 0 Å². The van der Waals surface area contributed by atoms with Crippen molar-refractivity contribution in [1.29, 1.82) is 0 Å². The first kappa shape index (κ1) is 12.6. The van der Waals surface area contributed by atoms with E-state index >= 15 is 0 Å². The van der Waals surface area contributed by atoms with E-state index in [1.165, 1.54) is 42.9 Å². The Kier molecular flexibility index (Phi) is 3.02. The Morgan fingerprint density at radius 2 is 2.11 bits per heavy atom. The van der Waals surface area contributed by atoms with E-state index in [4.69, 9.17) is 4.98 Å². The summed E-state index contributed by atoms with van der Waals surface area (Å²) in [5, 5.41) is 7.09. The molecule has 2 fully saturated rings. The molecule has 0 atom stereocenters. The van der Waals surface area contributed by atoms with Crippen LogP contribution in [0, 0.1) is 11.3 Å². The summed E-state index contributed by atoms with van der Waals surface area (Å²) < 4.78 is 0. The molecule has 18 heavy (non-hydrogen) atoms. The summed E-state index contributed by atoms with van der Waals surface area (Å²) in [4.78, 5) is 4.74. The Bertz CT molecular complexity index is 422. The quantitative estimate of drug-likeness (QED) is 0.876. The lowest BCUT2D eigenvalue weighted by atomic mass is 9.93. The monoisotopic (exact) mass is 264 g/mol. The molecular formula is C15H24N2S.